The van der Waals surface area contributed by atoms with Crippen LogP contribution in [0.15, 0.2) is 41.1 Å². The van der Waals surface area contributed by atoms with E-state index in [1.165, 1.54) is 19.3 Å². The minimum absolute atomic E-state index is 0.167. The molecule has 122 valence electrons. The van der Waals surface area contributed by atoms with E-state index in [4.69, 9.17) is 4.74 Å². The van der Waals surface area contributed by atoms with Gasteiger partial charge in [-0.1, -0.05) is 32.0 Å². The zero-order valence-electron chi connectivity index (χ0n) is 13.7. The Hall–Kier alpha value is -2.43. The second kappa shape index (κ2) is 6.77. The summed E-state index contributed by atoms with van der Waals surface area (Å²) in [7, 11) is 1.26. The summed E-state index contributed by atoms with van der Waals surface area (Å²) in [5, 5.41) is 0. The van der Waals surface area contributed by atoms with Gasteiger partial charge in [0.2, 0.25) is 0 Å². The minimum atomic E-state index is -0.593. The SMILES string of the molecule is COC(=O)C1=C(C)N(CC(C)C)C(=O)/C1=C/c1ccccc1F. The van der Waals surface area contributed by atoms with Gasteiger partial charge in [0, 0.05) is 17.8 Å². The molecule has 5 heteroatoms. The van der Waals surface area contributed by atoms with Gasteiger partial charge in [-0.05, 0) is 25.0 Å². The summed E-state index contributed by atoms with van der Waals surface area (Å²) in [5.74, 6) is -1.11. The number of carbonyl (C=O) groups excluding carboxylic acids is 2. The number of halogens is 1. The molecule has 2 rings (SSSR count). The molecule has 0 radical (unpaired) electrons. The largest absolute Gasteiger partial charge is 0.465 e. The molecule has 0 spiro atoms. The Labute approximate surface area is 135 Å². The van der Waals surface area contributed by atoms with E-state index < -0.39 is 11.8 Å². The summed E-state index contributed by atoms with van der Waals surface area (Å²) < 4.78 is 18.7. The first kappa shape index (κ1) is 16.9. The highest BCUT2D eigenvalue weighted by atomic mass is 19.1. The maximum Gasteiger partial charge on any atom is 0.340 e. The summed E-state index contributed by atoms with van der Waals surface area (Å²) in [4.78, 5) is 26.3. The first-order valence-electron chi connectivity index (χ1n) is 7.44. The lowest BCUT2D eigenvalue weighted by atomic mass is 10.0. The lowest BCUT2D eigenvalue weighted by molar-refractivity contribution is -0.136. The van der Waals surface area contributed by atoms with Crippen LogP contribution >= 0.6 is 0 Å². The summed E-state index contributed by atoms with van der Waals surface area (Å²) in [6.07, 6.45) is 1.41. The number of rotatable bonds is 4. The lowest BCUT2D eigenvalue weighted by Gasteiger charge is -2.19. The maximum atomic E-state index is 13.9. The summed E-state index contributed by atoms with van der Waals surface area (Å²) >= 11 is 0. The van der Waals surface area contributed by atoms with E-state index in [1.807, 2.05) is 13.8 Å². The number of methoxy groups -OCH3 is 1. The second-order valence-corrected chi connectivity index (χ2v) is 5.84. The Morgan fingerprint density at radius 2 is 2.00 bits per heavy atom. The predicted molar refractivity (Wildman–Crippen MR) is 85.6 cm³/mol. The molecule has 0 saturated carbocycles. The van der Waals surface area contributed by atoms with Crippen LogP contribution in [0, 0.1) is 11.7 Å². The van der Waals surface area contributed by atoms with Crippen LogP contribution in [0.4, 0.5) is 4.39 Å². The van der Waals surface area contributed by atoms with E-state index in [-0.39, 0.29) is 28.5 Å². The van der Waals surface area contributed by atoms with Gasteiger partial charge < -0.3 is 9.64 Å². The Balaban J connectivity index is 2.55. The van der Waals surface area contributed by atoms with E-state index in [9.17, 15) is 14.0 Å². The van der Waals surface area contributed by atoms with Gasteiger partial charge in [-0.25, -0.2) is 9.18 Å². The molecule has 0 aromatic heterocycles. The van der Waals surface area contributed by atoms with Gasteiger partial charge in [0.25, 0.3) is 5.91 Å². The van der Waals surface area contributed by atoms with Gasteiger partial charge in [0.05, 0.1) is 18.3 Å². The normalized spacial score (nSPS) is 16.7. The number of allylic oxidation sites excluding steroid dienone is 1. The fraction of sp³-hybridized carbons (Fsp3) is 0.333. The predicted octanol–water partition coefficient (Wildman–Crippen LogP) is 3.15. The van der Waals surface area contributed by atoms with Gasteiger partial charge >= 0.3 is 5.97 Å². The van der Waals surface area contributed by atoms with Crippen LogP contribution in [0.25, 0.3) is 6.08 Å². The van der Waals surface area contributed by atoms with Crippen molar-refractivity contribution in [1.29, 1.82) is 0 Å². The summed E-state index contributed by atoms with van der Waals surface area (Å²) in [5.41, 5.74) is 1.16. The monoisotopic (exact) mass is 317 g/mol. The number of nitrogens with zero attached hydrogens (tertiary/aromatic N) is 1. The van der Waals surface area contributed by atoms with Gasteiger partial charge in [0.15, 0.2) is 0 Å². The molecule has 0 atom stereocenters. The molecule has 1 amide bonds. The fourth-order valence-electron chi connectivity index (χ4n) is 2.56. The second-order valence-electron chi connectivity index (χ2n) is 5.84. The molecule has 1 aromatic carbocycles. The van der Waals surface area contributed by atoms with Crippen molar-refractivity contribution >= 4 is 18.0 Å². The zero-order chi connectivity index (χ0) is 17.1. The van der Waals surface area contributed by atoms with Crippen LogP contribution in [-0.4, -0.2) is 30.4 Å². The van der Waals surface area contributed by atoms with Crippen molar-refractivity contribution in [3.63, 3.8) is 0 Å². The standard InChI is InChI=1S/C18H20FNO3/c1-11(2)10-20-12(3)16(18(22)23-4)14(17(20)21)9-13-7-5-6-8-15(13)19/h5-9,11H,10H2,1-4H3/b14-9+. The van der Waals surface area contributed by atoms with E-state index in [1.54, 1.807) is 30.0 Å². The van der Waals surface area contributed by atoms with Crippen molar-refractivity contribution in [3.05, 3.63) is 52.5 Å². The van der Waals surface area contributed by atoms with Crippen LogP contribution < -0.4 is 0 Å². The Kier molecular flexibility index (Phi) is 4.98. The average molecular weight is 317 g/mol. The number of ether oxygens (including phenoxy) is 1. The third-order valence-electron chi connectivity index (χ3n) is 3.65. The van der Waals surface area contributed by atoms with Gasteiger partial charge in [-0.15, -0.1) is 0 Å². The first-order chi connectivity index (χ1) is 10.9. The van der Waals surface area contributed by atoms with Crippen LogP contribution in [0.2, 0.25) is 0 Å². The molecule has 1 aromatic rings. The molecule has 1 heterocycles. The summed E-state index contributed by atoms with van der Waals surface area (Å²) in [6.45, 7) is 6.16. The number of esters is 1. The fourth-order valence-corrected chi connectivity index (χ4v) is 2.56. The molecular formula is C18H20FNO3. The van der Waals surface area contributed by atoms with Crippen LogP contribution in [0.5, 0.6) is 0 Å². The number of carbonyl (C=O) groups is 2. The molecule has 0 unspecified atom stereocenters. The minimum Gasteiger partial charge on any atom is -0.465 e. The molecule has 0 fully saturated rings. The number of hydrogen-bond donors (Lipinski definition) is 0. The van der Waals surface area contributed by atoms with Crippen LogP contribution in [-0.2, 0) is 14.3 Å². The Morgan fingerprint density at radius 1 is 1.35 bits per heavy atom. The highest BCUT2D eigenvalue weighted by molar-refractivity contribution is 6.16. The van der Waals surface area contributed by atoms with Crippen LogP contribution in [0.3, 0.4) is 0 Å². The average Bonchev–Trinajstić information content (AvgIpc) is 2.73. The topological polar surface area (TPSA) is 46.6 Å². The molecule has 1 aliphatic rings. The lowest BCUT2D eigenvalue weighted by Crippen LogP contribution is -2.28. The quantitative estimate of drug-likeness (QED) is 0.633. The van der Waals surface area contributed by atoms with Crippen molar-refractivity contribution in [3.8, 4) is 0 Å². The zero-order valence-corrected chi connectivity index (χ0v) is 13.7. The van der Waals surface area contributed by atoms with Gasteiger partial charge in [0.1, 0.15) is 5.82 Å². The van der Waals surface area contributed by atoms with E-state index in [0.29, 0.717) is 12.2 Å². The van der Waals surface area contributed by atoms with Crippen molar-refractivity contribution in [2.24, 2.45) is 5.92 Å². The molecule has 0 saturated heterocycles. The molecular weight excluding hydrogens is 297 g/mol. The number of amides is 1. The first-order valence-corrected chi connectivity index (χ1v) is 7.44. The van der Waals surface area contributed by atoms with E-state index in [2.05, 4.69) is 0 Å². The molecule has 0 aliphatic carbocycles. The number of benzene rings is 1. The third-order valence-corrected chi connectivity index (χ3v) is 3.65. The molecule has 1 aliphatic heterocycles. The van der Waals surface area contributed by atoms with E-state index in [0.717, 1.165) is 0 Å². The van der Waals surface area contributed by atoms with Crippen molar-refractivity contribution in [2.45, 2.75) is 20.8 Å². The van der Waals surface area contributed by atoms with Gasteiger partial charge in [-0.2, -0.15) is 0 Å². The highest BCUT2D eigenvalue weighted by Gasteiger charge is 2.37. The number of hydrogen-bond acceptors (Lipinski definition) is 3. The Bertz CT molecular complexity index is 704. The van der Waals surface area contributed by atoms with Crippen molar-refractivity contribution in [1.82, 2.24) is 4.90 Å². The highest BCUT2D eigenvalue weighted by Crippen LogP contribution is 2.32. The molecule has 4 nitrogen and oxygen atoms in total. The third kappa shape index (κ3) is 3.33. The molecule has 23 heavy (non-hydrogen) atoms. The molecule has 0 bridgehead atoms. The maximum absolute atomic E-state index is 13.9. The van der Waals surface area contributed by atoms with Crippen molar-refractivity contribution in [2.75, 3.05) is 13.7 Å². The smallest absolute Gasteiger partial charge is 0.340 e. The van der Waals surface area contributed by atoms with Crippen LogP contribution in [0.1, 0.15) is 26.3 Å². The van der Waals surface area contributed by atoms with Crippen molar-refractivity contribution < 1.29 is 18.7 Å². The van der Waals surface area contributed by atoms with Gasteiger partial charge in [-0.3, -0.25) is 4.79 Å². The molecule has 0 N–H and O–H groups in total. The van der Waals surface area contributed by atoms with E-state index >= 15 is 0 Å². The Morgan fingerprint density at radius 3 is 2.57 bits per heavy atom. The summed E-state index contributed by atoms with van der Waals surface area (Å²) in [6, 6.07) is 6.12.